The molecule has 0 bridgehead atoms. The van der Waals surface area contributed by atoms with Crippen LogP contribution in [0.25, 0.3) is 0 Å². The molecule has 0 fully saturated rings. The molecule has 122 valence electrons. The zero-order valence-corrected chi connectivity index (χ0v) is 13.9. The highest BCUT2D eigenvalue weighted by atomic mass is 16.5. The van der Waals surface area contributed by atoms with Gasteiger partial charge in [-0.05, 0) is 31.2 Å². The SMILES string of the molecule is C=C(C)Nc1ccc(NC(=O)Nc2cc(C(C)(C)C)on2)cc1. The number of amides is 2. The van der Waals surface area contributed by atoms with Crippen LogP contribution in [0.4, 0.5) is 22.0 Å². The number of nitrogens with one attached hydrogen (secondary N) is 3. The summed E-state index contributed by atoms with van der Waals surface area (Å²) < 4.78 is 5.22. The maximum Gasteiger partial charge on any atom is 0.324 e. The number of anilines is 3. The molecule has 6 nitrogen and oxygen atoms in total. The lowest BCUT2D eigenvalue weighted by atomic mass is 9.93. The van der Waals surface area contributed by atoms with Crippen molar-refractivity contribution >= 4 is 23.2 Å². The van der Waals surface area contributed by atoms with Gasteiger partial charge in [0.25, 0.3) is 0 Å². The first kappa shape index (κ1) is 16.6. The summed E-state index contributed by atoms with van der Waals surface area (Å²) in [5.74, 6) is 1.09. The van der Waals surface area contributed by atoms with Crippen LogP contribution in [-0.4, -0.2) is 11.2 Å². The van der Waals surface area contributed by atoms with Crippen LogP contribution in [0.1, 0.15) is 33.5 Å². The van der Waals surface area contributed by atoms with E-state index in [9.17, 15) is 4.79 Å². The van der Waals surface area contributed by atoms with Gasteiger partial charge in [-0.15, -0.1) is 0 Å². The van der Waals surface area contributed by atoms with Crippen LogP contribution in [-0.2, 0) is 5.41 Å². The molecule has 0 aliphatic heterocycles. The highest BCUT2D eigenvalue weighted by molar-refractivity contribution is 5.99. The molecule has 23 heavy (non-hydrogen) atoms. The maximum atomic E-state index is 12.0. The summed E-state index contributed by atoms with van der Waals surface area (Å²) in [7, 11) is 0. The molecule has 1 heterocycles. The van der Waals surface area contributed by atoms with E-state index in [-0.39, 0.29) is 11.4 Å². The summed E-state index contributed by atoms with van der Waals surface area (Å²) >= 11 is 0. The van der Waals surface area contributed by atoms with Gasteiger partial charge in [-0.2, -0.15) is 0 Å². The highest BCUT2D eigenvalue weighted by Gasteiger charge is 2.20. The lowest BCUT2D eigenvalue weighted by molar-refractivity contribution is 0.262. The van der Waals surface area contributed by atoms with E-state index >= 15 is 0 Å². The highest BCUT2D eigenvalue weighted by Crippen LogP contribution is 2.24. The van der Waals surface area contributed by atoms with Crippen LogP contribution in [0.15, 0.2) is 47.1 Å². The topological polar surface area (TPSA) is 79.2 Å². The zero-order valence-electron chi connectivity index (χ0n) is 13.9. The van der Waals surface area contributed by atoms with Crippen molar-refractivity contribution < 1.29 is 9.32 Å². The molecule has 6 heteroatoms. The first-order valence-corrected chi connectivity index (χ1v) is 7.32. The molecule has 0 aliphatic rings. The van der Waals surface area contributed by atoms with Crippen LogP contribution in [0.3, 0.4) is 0 Å². The van der Waals surface area contributed by atoms with E-state index in [0.29, 0.717) is 17.3 Å². The number of aromatic nitrogens is 1. The Labute approximate surface area is 135 Å². The van der Waals surface area contributed by atoms with Gasteiger partial charge in [0.15, 0.2) is 5.82 Å². The van der Waals surface area contributed by atoms with Crippen LogP contribution in [0.5, 0.6) is 0 Å². The minimum Gasteiger partial charge on any atom is -0.360 e. The third-order valence-electron chi connectivity index (χ3n) is 2.99. The molecule has 0 atom stereocenters. The maximum absolute atomic E-state index is 12.0. The summed E-state index contributed by atoms with van der Waals surface area (Å²) in [5.41, 5.74) is 2.28. The summed E-state index contributed by atoms with van der Waals surface area (Å²) in [6.45, 7) is 11.7. The predicted octanol–water partition coefficient (Wildman–Crippen LogP) is 4.56. The summed E-state index contributed by atoms with van der Waals surface area (Å²) in [6, 6.07) is 8.66. The first-order valence-electron chi connectivity index (χ1n) is 7.32. The lowest BCUT2D eigenvalue weighted by Crippen LogP contribution is -2.19. The number of hydrogen-bond donors (Lipinski definition) is 3. The van der Waals surface area contributed by atoms with Crippen molar-refractivity contribution in [1.82, 2.24) is 5.16 Å². The predicted molar refractivity (Wildman–Crippen MR) is 92.7 cm³/mol. The molecule has 0 saturated heterocycles. The number of carbonyl (C=O) groups is 1. The Balaban J connectivity index is 1.94. The zero-order chi connectivity index (χ0) is 17.0. The van der Waals surface area contributed by atoms with Crippen molar-refractivity contribution in [3.63, 3.8) is 0 Å². The Bertz CT molecular complexity index is 696. The Morgan fingerprint density at radius 3 is 2.13 bits per heavy atom. The molecule has 0 spiro atoms. The second kappa shape index (κ2) is 6.56. The fraction of sp³-hybridized carbons (Fsp3) is 0.294. The Kier molecular flexibility index (Phi) is 4.74. The van der Waals surface area contributed by atoms with E-state index in [1.165, 1.54) is 0 Å². The molecule has 0 aliphatic carbocycles. The second-order valence-corrected chi connectivity index (χ2v) is 6.39. The largest absolute Gasteiger partial charge is 0.360 e. The molecule has 0 unspecified atom stereocenters. The van der Waals surface area contributed by atoms with E-state index in [0.717, 1.165) is 11.4 Å². The van der Waals surface area contributed by atoms with Crippen LogP contribution in [0, 0.1) is 0 Å². The molecule has 2 aromatic rings. The lowest BCUT2D eigenvalue weighted by Gasteiger charge is -2.12. The van der Waals surface area contributed by atoms with Gasteiger partial charge in [0, 0.05) is 28.6 Å². The van der Waals surface area contributed by atoms with Crippen molar-refractivity contribution in [1.29, 1.82) is 0 Å². The van der Waals surface area contributed by atoms with E-state index in [1.54, 1.807) is 18.2 Å². The Morgan fingerprint density at radius 1 is 1.09 bits per heavy atom. The number of hydrogen-bond acceptors (Lipinski definition) is 4. The van der Waals surface area contributed by atoms with Gasteiger partial charge < -0.3 is 15.2 Å². The third-order valence-corrected chi connectivity index (χ3v) is 2.99. The molecule has 1 aromatic carbocycles. The molecule has 1 aromatic heterocycles. The fourth-order valence-electron chi connectivity index (χ4n) is 1.85. The fourth-order valence-corrected chi connectivity index (χ4v) is 1.85. The molecule has 2 rings (SSSR count). The first-order chi connectivity index (χ1) is 10.7. The van der Waals surface area contributed by atoms with Gasteiger partial charge in [-0.25, -0.2) is 4.79 Å². The second-order valence-electron chi connectivity index (χ2n) is 6.39. The molecule has 2 amide bonds. The number of rotatable bonds is 4. The molecule has 0 saturated carbocycles. The van der Waals surface area contributed by atoms with Crippen molar-refractivity contribution in [3.8, 4) is 0 Å². The van der Waals surface area contributed by atoms with E-state index < -0.39 is 0 Å². The Hall–Kier alpha value is -2.76. The number of benzene rings is 1. The number of nitrogens with zero attached hydrogens (tertiary/aromatic N) is 1. The standard InChI is InChI=1S/C17H22N4O2/c1-11(2)18-12-6-8-13(9-7-12)19-16(22)20-15-10-14(23-21-15)17(3,4)5/h6-10,18H,1H2,2-5H3,(H2,19,20,21,22). The number of allylic oxidation sites excluding steroid dienone is 1. The van der Waals surface area contributed by atoms with Gasteiger partial charge in [0.1, 0.15) is 5.76 Å². The summed E-state index contributed by atoms with van der Waals surface area (Å²) in [6.07, 6.45) is 0. The molecular weight excluding hydrogens is 292 g/mol. The third kappa shape index (κ3) is 4.88. The average Bonchev–Trinajstić information content (AvgIpc) is 2.89. The summed E-state index contributed by atoms with van der Waals surface area (Å²) in [5, 5.41) is 12.3. The van der Waals surface area contributed by atoms with E-state index in [4.69, 9.17) is 4.52 Å². The minimum absolute atomic E-state index is 0.157. The minimum atomic E-state index is -0.376. The van der Waals surface area contributed by atoms with E-state index in [2.05, 4.69) is 27.7 Å². The molecule has 0 radical (unpaired) electrons. The van der Waals surface area contributed by atoms with Gasteiger partial charge in [0.2, 0.25) is 0 Å². The smallest absolute Gasteiger partial charge is 0.324 e. The van der Waals surface area contributed by atoms with Crippen molar-refractivity contribution in [2.75, 3.05) is 16.0 Å². The number of urea groups is 1. The van der Waals surface area contributed by atoms with Crippen molar-refractivity contribution in [3.05, 3.63) is 48.4 Å². The van der Waals surface area contributed by atoms with Crippen molar-refractivity contribution in [2.24, 2.45) is 0 Å². The quantitative estimate of drug-likeness (QED) is 0.773. The van der Waals surface area contributed by atoms with Gasteiger partial charge in [0.05, 0.1) is 0 Å². The normalized spacial score (nSPS) is 11.0. The summed E-state index contributed by atoms with van der Waals surface area (Å²) in [4.78, 5) is 12.0. The van der Waals surface area contributed by atoms with Crippen molar-refractivity contribution in [2.45, 2.75) is 33.1 Å². The molecular formula is C17H22N4O2. The van der Waals surface area contributed by atoms with Gasteiger partial charge in [-0.3, -0.25) is 5.32 Å². The monoisotopic (exact) mass is 314 g/mol. The van der Waals surface area contributed by atoms with Gasteiger partial charge in [-0.1, -0.05) is 32.5 Å². The van der Waals surface area contributed by atoms with Gasteiger partial charge >= 0.3 is 6.03 Å². The van der Waals surface area contributed by atoms with Crippen LogP contribution < -0.4 is 16.0 Å². The van der Waals surface area contributed by atoms with Crippen LogP contribution >= 0.6 is 0 Å². The Morgan fingerprint density at radius 2 is 1.65 bits per heavy atom. The average molecular weight is 314 g/mol. The van der Waals surface area contributed by atoms with Crippen LogP contribution in [0.2, 0.25) is 0 Å². The number of carbonyl (C=O) groups excluding carboxylic acids is 1. The molecule has 3 N–H and O–H groups in total. The van der Waals surface area contributed by atoms with E-state index in [1.807, 2.05) is 39.8 Å².